The average Bonchev–Trinajstić information content (AvgIpc) is 2.67. The number of rotatable bonds is 6. The third-order valence-electron chi connectivity index (χ3n) is 4.79. The van der Waals surface area contributed by atoms with Crippen molar-refractivity contribution >= 4 is 17.4 Å². The smallest absolute Gasteiger partial charge is 0.386 e. The molecule has 0 spiro atoms. The highest BCUT2D eigenvalue weighted by molar-refractivity contribution is 7.99. The number of alkyl halides is 3. The van der Waals surface area contributed by atoms with E-state index < -0.39 is 17.8 Å². The van der Waals surface area contributed by atoms with Gasteiger partial charge in [0.1, 0.15) is 18.5 Å². The summed E-state index contributed by atoms with van der Waals surface area (Å²) in [5.41, 5.74) is 0.315. The third kappa shape index (κ3) is 5.86. The van der Waals surface area contributed by atoms with Crippen LogP contribution in [0.3, 0.4) is 0 Å². The molecule has 0 radical (unpaired) electrons. The lowest BCUT2D eigenvalue weighted by atomic mass is 10.2. The van der Waals surface area contributed by atoms with E-state index in [1.807, 2.05) is 0 Å². The lowest BCUT2D eigenvalue weighted by molar-refractivity contribution is -0.903. The van der Waals surface area contributed by atoms with Gasteiger partial charge < -0.3 is 14.9 Å². The molecular weight excluding hydrogens is 392 g/mol. The molecule has 152 valence electrons. The van der Waals surface area contributed by atoms with Gasteiger partial charge >= 0.3 is 6.18 Å². The number of nitrogens with zero attached hydrogens (tertiary/aromatic N) is 1. The zero-order valence-corrected chi connectivity index (χ0v) is 16.1. The fourth-order valence-corrected chi connectivity index (χ4v) is 4.17. The summed E-state index contributed by atoms with van der Waals surface area (Å²) in [5.74, 6) is 0.0985. The topological polar surface area (TPSA) is 27.9 Å². The molecule has 0 aromatic heterocycles. The van der Waals surface area contributed by atoms with Crippen molar-refractivity contribution in [3.05, 3.63) is 59.9 Å². The first-order valence-corrected chi connectivity index (χ1v) is 10.1. The minimum absolute atomic E-state index is 0.255. The maximum atomic E-state index is 13.0. The summed E-state index contributed by atoms with van der Waals surface area (Å²) in [6.07, 6.45) is -4.95. The van der Waals surface area contributed by atoms with Crippen molar-refractivity contribution in [2.24, 2.45) is 0 Å². The normalized spacial score (nSPS) is 17.0. The molecule has 1 fully saturated rings. The van der Waals surface area contributed by atoms with Crippen molar-refractivity contribution < 1.29 is 27.6 Å². The Bertz CT molecular complexity index is 762. The molecule has 0 amide bonds. The van der Waals surface area contributed by atoms with Crippen molar-refractivity contribution in [2.45, 2.75) is 17.2 Å². The van der Waals surface area contributed by atoms with E-state index in [9.17, 15) is 22.7 Å². The first kappa shape index (κ1) is 21.0. The largest absolute Gasteiger partial charge is 0.416 e. The summed E-state index contributed by atoms with van der Waals surface area (Å²) in [7, 11) is 0. The Balaban J connectivity index is 1.43. The van der Waals surface area contributed by atoms with Crippen LogP contribution in [0.15, 0.2) is 53.4 Å². The number of piperazine rings is 1. The maximum absolute atomic E-state index is 13.0. The van der Waals surface area contributed by atoms with Gasteiger partial charge in [-0.15, -0.1) is 11.8 Å². The second-order valence-corrected chi connectivity index (χ2v) is 8.00. The number of nitrogens with one attached hydrogen (secondary N) is 1. The summed E-state index contributed by atoms with van der Waals surface area (Å²) in [6.45, 7) is 3.89. The Kier molecular flexibility index (Phi) is 6.85. The predicted octanol–water partition coefficient (Wildman–Crippen LogP) is 2.70. The van der Waals surface area contributed by atoms with Crippen LogP contribution in [0.2, 0.25) is 0 Å². The number of thioether (sulfide) groups is 1. The van der Waals surface area contributed by atoms with E-state index in [1.165, 1.54) is 34.9 Å². The highest BCUT2D eigenvalue weighted by Gasteiger charge is 2.30. The molecule has 1 aliphatic rings. The van der Waals surface area contributed by atoms with E-state index in [1.54, 1.807) is 18.2 Å². The van der Waals surface area contributed by atoms with Gasteiger partial charge in [-0.3, -0.25) is 0 Å². The molecule has 1 atom stereocenters. The number of aliphatic hydroxyl groups excluding tert-OH is 1. The molecule has 2 N–H and O–H groups in total. The molecule has 0 unspecified atom stereocenters. The van der Waals surface area contributed by atoms with Crippen LogP contribution < -0.4 is 9.80 Å². The van der Waals surface area contributed by atoms with Crippen molar-refractivity contribution in [1.29, 1.82) is 0 Å². The summed E-state index contributed by atoms with van der Waals surface area (Å²) < 4.78 is 51.3. The number of benzene rings is 2. The molecule has 2 aromatic carbocycles. The summed E-state index contributed by atoms with van der Waals surface area (Å²) in [6, 6.07) is 11.6. The Morgan fingerprint density at radius 1 is 1.07 bits per heavy atom. The van der Waals surface area contributed by atoms with Crippen LogP contribution in [-0.4, -0.2) is 49.7 Å². The van der Waals surface area contributed by atoms with Crippen LogP contribution in [0.25, 0.3) is 0 Å². The second kappa shape index (κ2) is 9.15. The molecule has 1 saturated heterocycles. The summed E-state index contributed by atoms with van der Waals surface area (Å²) in [5, 5.41) is 10.3. The van der Waals surface area contributed by atoms with Gasteiger partial charge in [0.15, 0.2) is 0 Å². The standard InChI is InChI=1S/C20H22F4N2OS/c21-16-4-6-17(7-5-16)26-10-8-25(9-11-26)13-18(27)14-28-19-3-1-2-15(12-19)20(22,23)24/h1-7,12,18,27H,8-11,13-14H2/p+1/t18-/m0/s1. The van der Waals surface area contributed by atoms with Gasteiger partial charge in [0.2, 0.25) is 0 Å². The Labute approximate surface area is 166 Å². The molecule has 3 rings (SSSR count). The SMILES string of the molecule is O[C@H](CSc1cccc(C(F)(F)F)c1)C[NH+]1CCN(c2ccc(F)cc2)CC1. The Morgan fingerprint density at radius 3 is 2.39 bits per heavy atom. The van der Waals surface area contributed by atoms with Crippen molar-refractivity contribution in [2.75, 3.05) is 43.4 Å². The fourth-order valence-electron chi connectivity index (χ4n) is 3.28. The number of halogens is 4. The zero-order valence-electron chi connectivity index (χ0n) is 15.3. The molecule has 2 aromatic rings. The number of anilines is 1. The highest BCUT2D eigenvalue weighted by atomic mass is 32.2. The van der Waals surface area contributed by atoms with Gasteiger partial charge in [-0.2, -0.15) is 13.2 Å². The molecule has 0 bridgehead atoms. The van der Waals surface area contributed by atoms with E-state index in [2.05, 4.69) is 4.90 Å². The van der Waals surface area contributed by atoms with E-state index in [4.69, 9.17) is 0 Å². The van der Waals surface area contributed by atoms with Crippen molar-refractivity contribution in [3.63, 3.8) is 0 Å². The molecule has 1 heterocycles. The van der Waals surface area contributed by atoms with E-state index in [0.29, 0.717) is 17.2 Å². The van der Waals surface area contributed by atoms with Crippen LogP contribution in [0.5, 0.6) is 0 Å². The van der Waals surface area contributed by atoms with Crippen molar-refractivity contribution in [1.82, 2.24) is 0 Å². The highest BCUT2D eigenvalue weighted by Crippen LogP contribution is 2.31. The molecular formula is C20H23F4N2OS+. The molecule has 28 heavy (non-hydrogen) atoms. The van der Waals surface area contributed by atoms with Crippen LogP contribution in [-0.2, 0) is 6.18 Å². The number of hydrogen-bond acceptors (Lipinski definition) is 3. The molecule has 0 aliphatic carbocycles. The minimum atomic E-state index is -4.36. The summed E-state index contributed by atoms with van der Waals surface area (Å²) in [4.78, 5) is 3.95. The Morgan fingerprint density at radius 2 is 1.75 bits per heavy atom. The van der Waals surface area contributed by atoms with E-state index in [0.717, 1.165) is 44.0 Å². The van der Waals surface area contributed by atoms with Crippen LogP contribution >= 0.6 is 11.8 Å². The molecule has 3 nitrogen and oxygen atoms in total. The monoisotopic (exact) mass is 415 g/mol. The zero-order chi connectivity index (χ0) is 20.1. The van der Waals surface area contributed by atoms with Gasteiger partial charge in [0.25, 0.3) is 0 Å². The fraction of sp³-hybridized carbons (Fsp3) is 0.400. The molecule has 0 saturated carbocycles. The van der Waals surface area contributed by atoms with E-state index >= 15 is 0 Å². The van der Waals surface area contributed by atoms with Gasteiger partial charge in [-0.25, -0.2) is 4.39 Å². The molecule has 1 aliphatic heterocycles. The second-order valence-electron chi connectivity index (χ2n) is 6.91. The quantitative estimate of drug-likeness (QED) is 0.561. The predicted molar refractivity (Wildman–Crippen MR) is 102 cm³/mol. The van der Waals surface area contributed by atoms with Gasteiger partial charge in [-0.1, -0.05) is 6.07 Å². The van der Waals surface area contributed by atoms with Gasteiger partial charge in [-0.05, 0) is 42.5 Å². The first-order chi connectivity index (χ1) is 13.3. The lowest BCUT2D eigenvalue weighted by Crippen LogP contribution is -3.15. The minimum Gasteiger partial charge on any atom is -0.386 e. The Hall–Kier alpha value is -1.77. The average molecular weight is 415 g/mol. The van der Waals surface area contributed by atoms with Crippen LogP contribution in [0, 0.1) is 5.82 Å². The number of quaternary nitrogens is 1. The maximum Gasteiger partial charge on any atom is 0.416 e. The number of aliphatic hydroxyl groups is 1. The van der Waals surface area contributed by atoms with Crippen molar-refractivity contribution in [3.8, 4) is 0 Å². The number of hydrogen-bond donors (Lipinski definition) is 2. The molecule has 8 heteroatoms. The van der Waals surface area contributed by atoms with Gasteiger partial charge in [0, 0.05) is 16.3 Å². The summed E-state index contributed by atoms with van der Waals surface area (Å²) >= 11 is 1.24. The van der Waals surface area contributed by atoms with E-state index in [-0.39, 0.29) is 5.82 Å². The van der Waals surface area contributed by atoms with Crippen LogP contribution in [0.1, 0.15) is 5.56 Å². The lowest BCUT2D eigenvalue weighted by Gasteiger charge is -2.34. The third-order valence-corrected chi connectivity index (χ3v) is 5.93. The van der Waals surface area contributed by atoms with Gasteiger partial charge in [0.05, 0.1) is 31.7 Å². The van der Waals surface area contributed by atoms with Crippen LogP contribution in [0.4, 0.5) is 23.2 Å². The first-order valence-electron chi connectivity index (χ1n) is 9.13.